The molecule has 0 bridgehead atoms. The van der Waals surface area contributed by atoms with Gasteiger partial charge >= 0.3 is 26.2 Å². The predicted molar refractivity (Wildman–Crippen MR) is 95.5 cm³/mol. The molecule has 3 nitrogen and oxygen atoms in total. The van der Waals surface area contributed by atoms with E-state index >= 15 is 0 Å². The molecule has 0 N–H and O–H groups in total. The molecule has 0 fully saturated rings. The number of aryl methyl sites for hydroxylation is 1. The van der Waals surface area contributed by atoms with Crippen molar-refractivity contribution in [2.45, 2.75) is 40.5 Å². The van der Waals surface area contributed by atoms with Crippen LogP contribution in [0.25, 0.3) is 16.0 Å². The van der Waals surface area contributed by atoms with E-state index in [9.17, 15) is 0 Å². The Labute approximate surface area is 153 Å². The maximum Gasteiger partial charge on any atom is 4.00 e. The van der Waals surface area contributed by atoms with E-state index in [-0.39, 0.29) is 26.2 Å². The van der Waals surface area contributed by atoms with Crippen molar-refractivity contribution in [2.24, 2.45) is 0 Å². The van der Waals surface area contributed by atoms with Gasteiger partial charge in [0.15, 0.2) is 0 Å². The Bertz CT molecular complexity index is 198. The predicted octanol–water partition coefficient (Wildman–Crippen LogP) is 5.38. The van der Waals surface area contributed by atoms with E-state index in [0.29, 0.717) is 0 Å². The molecule has 0 aliphatic carbocycles. The Kier molecular flexibility index (Phi) is 44.7. The number of nitrogens with zero attached hydrogens (tertiary/aromatic N) is 3. The second-order valence-corrected chi connectivity index (χ2v) is 3.94. The van der Waals surface area contributed by atoms with Crippen molar-refractivity contribution in [2.75, 3.05) is 40.8 Å². The van der Waals surface area contributed by atoms with Gasteiger partial charge in [0.2, 0.25) is 0 Å². The summed E-state index contributed by atoms with van der Waals surface area (Å²) >= 11 is 0. The minimum absolute atomic E-state index is 0. The molecule has 0 spiro atoms. The van der Waals surface area contributed by atoms with Crippen LogP contribution in [0.15, 0.2) is 24.3 Å². The Morgan fingerprint density at radius 3 is 1.19 bits per heavy atom. The number of hydrogen-bond donors (Lipinski definition) is 0. The Balaban J connectivity index is -0.0000000973. The molecule has 0 unspecified atom stereocenters. The largest absolute Gasteiger partial charge is 4.00 e. The van der Waals surface area contributed by atoms with Gasteiger partial charge in [-0.25, -0.2) is 12.1 Å². The first-order chi connectivity index (χ1) is 9.67. The van der Waals surface area contributed by atoms with Crippen molar-refractivity contribution in [3.8, 4) is 0 Å². The van der Waals surface area contributed by atoms with E-state index in [1.165, 1.54) is 18.4 Å². The Morgan fingerprint density at radius 1 is 0.714 bits per heavy atom. The van der Waals surface area contributed by atoms with Crippen molar-refractivity contribution in [3.05, 3.63) is 45.8 Å². The second kappa shape index (κ2) is 32.2. The van der Waals surface area contributed by atoms with Crippen LogP contribution in [0.4, 0.5) is 0 Å². The van der Waals surface area contributed by atoms with E-state index in [4.69, 9.17) is 0 Å². The Hall–Kier alpha value is 0.113. The molecule has 0 aliphatic rings. The van der Waals surface area contributed by atoms with E-state index in [2.05, 4.69) is 47.1 Å². The molecule has 0 saturated carbocycles. The van der Waals surface area contributed by atoms with Crippen molar-refractivity contribution in [3.63, 3.8) is 0 Å². The van der Waals surface area contributed by atoms with Crippen molar-refractivity contribution in [1.29, 1.82) is 0 Å². The summed E-state index contributed by atoms with van der Waals surface area (Å²) in [5.41, 5.74) is 1.47. The molecule has 0 radical (unpaired) electrons. The first-order valence-corrected chi connectivity index (χ1v) is 7.55. The first-order valence-electron chi connectivity index (χ1n) is 7.55. The van der Waals surface area contributed by atoms with Crippen LogP contribution in [-0.2, 0) is 32.6 Å². The first kappa shape index (κ1) is 29.2. The molecule has 0 aliphatic heterocycles. The van der Waals surface area contributed by atoms with Crippen molar-refractivity contribution < 1.29 is 26.2 Å². The third kappa shape index (κ3) is 38.4. The molecule has 4 heteroatoms. The standard InChI is InChI=1S/C8H11.3C3H8N.Zr/c1-2-5-8-6-3-4-7-8;3*1-3-4-2;/h3-4,6-7H,2,5H2,1H3;3*3H2,1-2H3;/q4*-1;+4. The molecule has 1 aromatic rings. The van der Waals surface area contributed by atoms with Gasteiger partial charge in [-0.1, -0.05) is 40.5 Å². The minimum atomic E-state index is 0. The van der Waals surface area contributed by atoms with Crippen LogP contribution < -0.4 is 0 Å². The molecule has 0 aromatic heterocycles. The molecular weight excluding hydrogens is 337 g/mol. The average Bonchev–Trinajstić information content (AvgIpc) is 3.01. The van der Waals surface area contributed by atoms with Crippen LogP contribution in [0.5, 0.6) is 0 Å². The smallest absolute Gasteiger partial charge is 0.665 e. The van der Waals surface area contributed by atoms with E-state index < -0.39 is 0 Å². The van der Waals surface area contributed by atoms with Crippen LogP contribution in [0, 0.1) is 0 Å². The van der Waals surface area contributed by atoms with Gasteiger partial charge in [0, 0.05) is 0 Å². The third-order valence-corrected chi connectivity index (χ3v) is 2.22. The van der Waals surface area contributed by atoms with Gasteiger partial charge in [0.1, 0.15) is 0 Å². The SMILES string of the molecule is CCC[c-]1cccc1.CC[N-]C.CC[N-]C.CC[N-]C.[Zr+4]. The van der Waals surface area contributed by atoms with Crippen molar-refractivity contribution >= 4 is 0 Å². The van der Waals surface area contributed by atoms with Crippen LogP contribution in [0.3, 0.4) is 0 Å². The van der Waals surface area contributed by atoms with Crippen LogP contribution in [-0.4, -0.2) is 40.8 Å². The van der Waals surface area contributed by atoms with Crippen LogP contribution in [0.2, 0.25) is 0 Å². The number of rotatable bonds is 5. The molecule has 1 aromatic carbocycles. The van der Waals surface area contributed by atoms with E-state index in [1.807, 2.05) is 20.8 Å². The van der Waals surface area contributed by atoms with Gasteiger partial charge in [0.05, 0.1) is 0 Å². The summed E-state index contributed by atoms with van der Waals surface area (Å²) in [5, 5.41) is 11.2. The average molecular weight is 373 g/mol. The molecule has 0 atom stereocenters. The maximum absolute atomic E-state index is 3.74. The summed E-state index contributed by atoms with van der Waals surface area (Å²) in [6.07, 6.45) is 2.48. The molecule has 0 heterocycles. The van der Waals surface area contributed by atoms with E-state index in [1.54, 1.807) is 21.1 Å². The topological polar surface area (TPSA) is 42.3 Å². The molecule has 0 saturated heterocycles. The summed E-state index contributed by atoms with van der Waals surface area (Å²) in [4.78, 5) is 0. The maximum atomic E-state index is 3.74. The van der Waals surface area contributed by atoms with Gasteiger partial charge in [-0.3, -0.25) is 0 Å². The van der Waals surface area contributed by atoms with Gasteiger partial charge in [-0.2, -0.15) is 58.5 Å². The van der Waals surface area contributed by atoms with Gasteiger partial charge in [-0.05, 0) is 0 Å². The second-order valence-electron chi connectivity index (χ2n) is 3.94. The molecule has 122 valence electrons. The molecule has 21 heavy (non-hydrogen) atoms. The normalized spacial score (nSPS) is 7.95. The van der Waals surface area contributed by atoms with Crippen LogP contribution >= 0.6 is 0 Å². The third-order valence-electron chi connectivity index (χ3n) is 2.22. The van der Waals surface area contributed by atoms with Gasteiger partial charge in [-0.15, -0.1) is 0 Å². The summed E-state index contributed by atoms with van der Waals surface area (Å²) in [6.45, 7) is 11.1. The quantitative estimate of drug-likeness (QED) is 0.622. The molecule has 1 rings (SSSR count). The zero-order valence-electron chi connectivity index (χ0n) is 15.2. The van der Waals surface area contributed by atoms with Crippen molar-refractivity contribution in [1.82, 2.24) is 0 Å². The number of hydrogen-bond acceptors (Lipinski definition) is 0. The summed E-state index contributed by atoms with van der Waals surface area (Å²) < 4.78 is 0. The van der Waals surface area contributed by atoms with Gasteiger partial charge < -0.3 is 16.0 Å². The summed E-state index contributed by atoms with van der Waals surface area (Å²) in [5.74, 6) is 0. The fraction of sp³-hybridized carbons (Fsp3) is 0.706. The fourth-order valence-corrected chi connectivity index (χ4v) is 0.869. The zero-order chi connectivity index (χ0) is 16.1. The van der Waals surface area contributed by atoms with E-state index in [0.717, 1.165) is 19.6 Å². The Morgan fingerprint density at radius 2 is 1.00 bits per heavy atom. The summed E-state index contributed by atoms with van der Waals surface area (Å²) in [7, 11) is 5.42. The van der Waals surface area contributed by atoms with Gasteiger partial charge in [0.25, 0.3) is 0 Å². The van der Waals surface area contributed by atoms with Crippen LogP contribution in [0.1, 0.15) is 39.7 Å². The minimum Gasteiger partial charge on any atom is -0.665 e. The monoisotopic (exact) mass is 371 g/mol. The zero-order valence-corrected chi connectivity index (χ0v) is 17.6. The summed E-state index contributed by atoms with van der Waals surface area (Å²) in [6, 6.07) is 8.52. The molecular formula is C17H35N3Zr. The fourth-order valence-electron chi connectivity index (χ4n) is 0.869. The molecule has 0 amide bonds.